The first-order valence-corrected chi connectivity index (χ1v) is 22.4. The highest BCUT2D eigenvalue weighted by Gasteiger charge is 2.54. The van der Waals surface area contributed by atoms with E-state index in [0.29, 0.717) is 48.3 Å². The number of anilines is 1. The molecule has 6 amide bonds. The molecule has 0 aliphatic heterocycles. The zero-order valence-corrected chi connectivity index (χ0v) is 37.9. The summed E-state index contributed by atoms with van der Waals surface area (Å²) in [6.45, 7) is 15.9. The number of primary sulfonamides is 1. The maximum Gasteiger partial charge on any atom is 0.312 e. The number of hydrogen-bond acceptors (Lipinski definition) is 11. The number of nitrogens with two attached hydrogens (primary N) is 2. The van der Waals surface area contributed by atoms with Crippen molar-refractivity contribution in [2.75, 3.05) is 12.3 Å². The van der Waals surface area contributed by atoms with E-state index in [4.69, 9.17) is 15.6 Å². The lowest BCUT2D eigenvalue weighted by Crippen LogP contribution is -2.55. The van der Waals surface area contributed by atoms with E-state index in [1.54, 1.807) is 65.8 Å². The number of ether oxygens (including phenoxy) is 1. The van der Waals surface area contributed by atoms with Crippen LogP contribution in [0.25, 0.3) is 0 Å². The largest absolute Gasteiger partial charge is 0.455 e. The predicted molar refractivity (Wildman–Crippen MR) is 231 cm³/mol. The van der Waals surface area contributed by atoms with Gasteiger partial charge in [-0.1, -0.05) is 48.5 Å². The van der Waals surface area contributed by atoms with Gasteiger partial charge in [-0.2, -0.15) is 0 Å². The van der Waals surface area contributed by atoms with Gasteiger partial charge in [0, 0.05) is 27.6 Å². The molecule has 2 aromatic rings. The quantitative estimate of drug-likeness (QED) is 0.126. The van der Waals surface area contributed by atoms with Gasteiger partial charge in [-0.3, -0.25) is 49.5 Å². The van der Waals surface area contributed by atoms with E-state index in [2.05, 4.69) is 16.0 Å². The number of sulfonamides is 1. The summed E-state index contributed by atoms with van der Waals surface area (Å²) in [5, 5.41) is 12.1. The van der Waals surface area contributed by atoms with E-state index in [9.17, 15) is 42.0 Å². The number of nitrogens with one attached hydrogen (secondary N) is 3. The first-order valence-electron chi connectivity index (χ1n) is 20.9. The van der Waals surface area contributed by atoms with Crippen molar-refractivity contribution in [3.63, 3.8) is 0 Å². The Morgan fingerprint density at radius 2 is 1.02 bits per heavy atom. The summed E-state index contributed by atoms with van der Waals surface area (Å²) in [5.41, 5.74) is 4.59. The van der Waals surface area contributed by atoms with Crippen LogP contribution in [0.1, 0.15) is 141 Å². The van der Waals surface area contributed by atoms with E-state index < -0.39 is 50.0 Å². The van der Waals surface area contributed by atoms with Crippen LogP contribution >= 0.6 is 0 Å². The van der Waals surface area contributed by atoms with E-state index in [0.717, 1.165) is 19.3 Å². The summed E-state index contributed by atoms with van der Waals surface area (Å²) in [6, 6.07) is 11.5. The number of esters is 1. The molecule has 15 nitrogen and oxygen atoms in total. The number of hydrogen-bond donors (Lipinski definition) is 5. The van der Waals surface area contributed by atoms with Gasteiger partial charge in [-0.05, 0) is 138 Å². The van der Waals surface area contributed by atoms with Gasteiger partial charge in [0.2, 0.25) is 27.7 Å². The summed E-state index contributed by atoms with van der Waals surface area (Å²) in [4.78, 5) is 83.9. The smallest absolute Gasteiger partial charge is 0.312 e. The first-order chi connectivity index (χ1) is 28.2. The third-order valence-corrected chi connectivity index (χ3v) is 13.5. The average Bonchev–Trinajstić information content (AvgIpc) is 3.19. The van der Waals surface area contributed by atoms with E-state index in [1.807, 2.05) is 20.8 Å². The fourth-order valence-electron chi connectivity index (χ4n) is 7.60. The Bertz CT molecular complexity index is 2020. The van der Waals surface area contributed by atoms with Crippen LogP contribution in [0.15, 0.2) is 53.4 Å². The Hall–Kier alpha value is -4.96. The van der Waals surface area contributed by atoms with Crippen LogP contribution in [-0.2, 0) is 38.7 Å². The minimum atomic E-state index is -3.79. The average molecular weight is 868 g/mol. The first kappa shape index (κ1) is 50.4. The highest BCUT2D eigenvalue weighted by atomic mass is 32.2. The standard InChI is InChI=1S/C19H29NO4.C13H18N2O4S.C13H18N2O2/c1-4-18(2,3)17(23)24-11-15(21)20-16(22)19-8-12-5-13(9-19)7-14(6-12)10-19;1-4-13(2,3)12(17)15-11(16)9-5-7-10(8-6-9)20(14,18)19;1-4-13(2,3)12(17)15-11(16)9-5-7-10(14)8-6-9/h12-14H,4-11H2,1-3H3,(H,20,21,22);5-8H,4H2,1-3H3,(H2,14,18,19)(H,15,16,17);5-8H,4,14H2,1-3H3,(H,15,16,17). The fourth-order valence-corrected chi connectivity index (χ4v) is 8.11. The van der Waals surface area contributed by atoms with Crippen molar-refractivity contribution in [2.45, 2.75) is 125 Å². The molecular formula is C45H65N5O10S. The normalized spacial score (nSPS) is 20.4. The lowest BCUT2D eigenvalue weighted by molar-refractivity contribution is -0.160. The molecule has 16 heteroatoms. The molecule has 4 fully saturated rings. The second-order valence-corrected chi connectivity index (χ2v) is 20.2. The molecule has 0 spiro atoms. The molecule has 0 radical (unpaired) electrons. The lowest BCUT2D eigenvalue weighted by Gasteiger charge is -2.55. The molecule has 0 saturated heterocycles. The van der Waals surface area contributed by atoms with Crippen molar-refractivity contribution in [3.05, 3.63) is 59.7 Å². The van der Waals surface area contributed by atoms with Crippen LogP contribution in [0.4, 0.5) is 5.69 Å². The molecule has 6 rings (SSSR count). The maximum atomic E-state index is 12.7. The van der Waals surface area contributed by atoms with E-state index >= 15 is 0 Å². The Morgan fingerprint density at radius 3 is 1.38 bits per heavy atom. The van der Waals surface area contributed by atoms with Gasteiger partial charge in [0.25, 0.3) is 17.7 Å². The van der Waals surface area contributed by atoms with Crippen LogP contribution in [0.3, 0.4) is 0 Å². The van der Waals surface area contributed by atoms with Crippen molar-refractivity contribution in [1.82, 2.24) is 16.0 Å². The zero-order chi connectivity index (χ0) is 46.1. The predicted octanol–water partition coefficient (Wildman–Crippen LogP) is 5.81. The number of nitrogen functional groups attached to an aromatic ring is 1. The molecule has 4 aliphatic rings. The molecule has 0 unspecified atom stereocenters. The van der Waals surface area contributed by atoms with Crippen molar-refractivity contribution in [1.29, 1.82) is 0 Å². The van der Waals surface area contributed by atoms with Crippen molar-refractivity contribution in [3.8, 4) is 0 Å². The van der Waals surface area contributed by atoms with Gasteiger partial charge >= 0.3 is 5.97 Å². The molecule has 2 aromatic carbocycles. The second-order valence-electron chi connectivity index (χ2n) is 18.6. The number of imide groups is 3. The number of rotatable bonds is 12. The minimum absolute atomic E-state index is 0.0886. The lowest BCUT2D eigenvalue weighted by atomic mass is 9.49. The molecule has 0 aromatic heterocycles. The van der Waals surface area contributed by atoms with Crippen LogP contribution in [0, 0.1) is 39.4 Å². The number of carbonyl (C=O) groups is 7. The molecule has 0 heterocycles. The van der Waals surface area contributed by atoms with E-state index in [1.165, 1.54) is 43.5 Å². The fraction of sp³-hybridized carbons (Fsp3) is 0.578. The summed E-state index contributed by atoms with van der Waals surface area (Å²) in [7, 11) is -3.79. The highest BCUT2D eigenvalue weighted by Crippen LogP contribution is 2.60. The Morgan fingerprint density at radius 1 is 0.639 bits per heavy atom. The summed E-state index contributed by atoms with van der Waals surface area (Å²) >= 11 is 0. The third kappa shape index (κ3) is 13.8. The van der Waals surface area contributed by atoms with Crippen LogP contribution in [-0.4, -0.2) is 56.4 Å². The molecule has 61 heavy (non-hydrogen) atoms. The molecule has 4 aliphatic carbocycles. The monoisotopic (exact) mass is 867 g/mol. The van der Waals surface area contributed by atoms with Crippen LogP contribution in [0.2, 0.25) is 0 Å². The molecule has 0 atom stereocenters. The zero-order valence-electron chi connectivity index (χ0n) is 37.1. The highest BCUT2D eigenvalue weighted by molar-refractivity contribution is 7.89. The van der Waals surface area contributed by atoms with Gasteiger partial charge in [0.1, 0.15) is 0 Å². The van der Waals surface area contributed by atoms with Gasteiger partial charge in [-0.25, -0.2) is 13.6 Å². The summed E-state index contributed by atoms with van der Waals surface area (Å²) < 4.78 is 27.2. The number of carbonyl (C=O) groups excluding carboxylic acids is 7. The molecule has 7 N–H and O–H groups in total. The van der Waals surface area contributed by atoms with Gasteiger partial charge in [0.05, 0.1) is 15.7 Å². The van der Waals surface area contributed by atoms with Crippen molar-refractivity contribution >= 4 is 57.1 Å². The van der Waals surface area contributed by atoms with Gasteiger partial charge in [-0.15, -0.1) is 0 Å². The third-order valence-electron chi connectivity index (χ3n) is 12.6. The topological polar surface area (TPSA) is 251 Å². The molecular weight excluding hydrogens is 803 g/mol. The number of benzene rings is 2. The Labute approximate surface area is 360 Å². The van der Waals surface area contributed by atoms with Gasteiger partial charge < -0.3 is 10.5 Å². The summed E-state index contributed by atoms with van der Waals surface area (Å²) in [6.07, 6.45) is 8.42. The summed E-state index contributed by atoms with van der Waals surface area (Å²) in [5.74, 6) is -0.687. The maximum absolute atomic E-state index is 12.7. The molecule has 336 valence electrons. The van der Waals surface area contributed by atoms with Crippen LogP contribution < -0.4 is 26.8 Å². The Kier molecular flexibility index (Phi) is 16.7. The Balaban J connectivity index is 0.000000248. The van der Waals surface area contributed by atoms with Crippen molar-refractivity contribution < 1.29 is 46.7 Å². The van der Waals surface area contributed by atoms with Crippen LogP contribution in [0.5, 0.6) is 0 Å². The SMILES string of the molecule is CCC(C)(C)C(=O)NC(=O)c1ccc(N)cc1.CCC(C)(C)C(=O)NC(=O)c1ccc(S(N)(=O)=O)cc1.CCC(C)(C)C(=O)OCC(=O)NC(=O)C12CC3CC(CC(C3)C1)C2. The number of amides is 6. The van der Waals surface area contributed by atoms with E-state index in [-0.39, 0.29) is 40.2 Å². The molecule has 4 bridgehead atoms. The second kappa shape index (κ2) is 20.3. The molecule has 4 saturated carbocycles. The van der Waals surface area contributed by atoms with Crippen molar-refractivity contribution in [2.24, 2.45) is 44.6 Å². The van der Waals surface area contributed by atoms with Gasteiger partial charge in [0.15, 0.2) is 6.61 Å². The minimum Gasteiger partial charge on any atom is -0.455 e.